The average Bonchev–Trinajstić information content (AvgIpc) is 2.89. The zero-order valence-corrected chi connectivity index (χ0v) is 12.3. The average molecular weight is 314 g/mol. The standard InChI is InChI=1S/C14H13Cl2NO3/c1-19-14-9(5-10(15)7-12(14)16)6-13(18)17-8-11-3-2-4-20-11/h2-5,7H,6,8H2,1H3,(H,17,18). The number of hydrogen-bond acceptors (Lipinski definition) is 3. The lowest BCUT2D eigenvalue weighted by Crippen LogP contribution is -2.24. The summed E-state index contributed by atoms with van der Waals surface area (Å²) in [6, 6.07) is 6.79. The Morgan fingerprint density at radius 1 is 1.40 bits per heavy atom. The van der Waals surface area contributed by atoms with Gasteiger partial charge in [-0.1, -0.05) is 23.2 Å². The first-order valence-corrected chi connectivity index (χ1v) is 6.66. The number of carbonyl (C=O) groups is 1. The van der Waals surface area contributed by atoms with E-state index in [1.807, 2.05) is 0 Å². The molecule has 20 heavy (non-hydrogen) atoms. The monoisotopic (exact) mass is 313 g/mol. The van der Waals surface area contributed by atoms with Crippen molar-refractivity contribution in [3.8, 4) is 5.75 Å². The fourth-order valence-corrected chi connectivity index (χ4v) is 2.42. The quantitative estimate of drug-likeness (QED) is 0.919. The van der Waals surface area contributed by atoms with Crippen molar-refractivity contribution in [3.05, 3.63) is 51.9 Å². The highest BCUT2D eigenvalue weighted by Gasteiger charge is 2.13. The SMILES string of the molecule is COc1c(Cl)cc(Cl)cc1CC(=O)NCc1ccco1. The summed E-state index contributed by atoms with van der Waals surface area (Å²) in [5.74, 6) is 0.983. The number of amides is 1. The van der Waals surface area contributed by atoms with Crippen molar-refractivity contribution in [3.63, 3.8) is 0 Å². The van der Waals surface area contributed by atoms with Crippen molar-refractivity contribution < 1.29 is 13.9 Å². The highest BCUT2D eigenvalue weighted by molar-refractivity contribution is 6.35. The van der Waals surface area contributed by atoms with Gasteiger partial charge in [-0.15, -0.1) is 0 Å². The molecular weight excluding hydrogens is 301 g/mol. The molecule has 1 heterocycles. The Morgan fingerprint density at radius 3 is 2.85 bits per heavy atom. The Morgan fingerprint density at radius 2 is 2.20 bits per heavy atom. The summed E-state index contributed by atoms with van der Waals surface area (Å²) in [4.78, 5) is 11.9. The summed E-state index contributed by atoms with van der Waals surface area (Å²) in [6.45, 7) is 0.336. The number of benzene rings is 1. The van der Waals surface area contributed by atoms with Gasteiger partial charge in [0, 0.05) is 10.6 Å². The lowest BCUT2D eigenvalue weighted by molar-refractivity contribution is -0.120. The minimum Gasteiger partial charge on any atom is -0.495 e. The smallest absolute Gasteiger partial charge is 0.224 e. The number of furan rings is 1. The zero-order chi connectivity index (χ0) is 14.5. The molecule has 4 nitrogen and oxygen atoms in total. The van der Waals surface area contributed by atoms with Crippen molar-refractivity contribution in [1.82, 2.24) is 5.32 Å². The molecule has 0 aliphatic heterocycles. The Balaban J connectivity index is 2.03. The first-order valence-electron chi connectivity index (χ1n) is 5.91. The van der Waals surface area contributed by atoms with Gasteiger partial charge in [0.25, 0.3) is 0 Å². The molecule has 106 valence electrons. The third kappa shape index (κ3) is 3.68. The Labute approximate surface area is 126 Å². The van der Waals surface area contributed by atoms with E-state index in [2.05, 4.69) is 5.32 Å². The number of halogens is 2. The second-order valence-corrected chi connectivity index (χ2v) is 4.96. The summed E-state index contributed by atoms with van der Waals surface area (Å²) in [5.41, 5.74) is 0.641. The molecule has 2 aromatic rings. The van der Waals surface area contributed by atoms with Crippen LogP contribution in [-0.2, 0) is 17.8 Å². The predicted octanol–water partition coefficient (Wildman–Crippen LogP) is 3.45. The largest absolute Gasteiger partial charge is 0.495 e. The molecule has 1 amide bonds. The lowest BCUT2D eigenvalue weighted by atomic mass is 10.1. The normalized spacial score (nSPS) is 10.3. The third-order valence-corrected chi connectivity index (χ3v) is 3.18. The van der Waals surface area contributed by atoms with E-state index in [-0.39, 0.29) is 12.3 Å². The molecule has 2 rings (SSSR count). The van der Waals surface area contributed by atoms with Gasteiger partial charge in [-0.25, -0.2) is 0 Å². The van der Waals surface area contributed by atoms with Crippen molar-refractivity contribution in [2.45, 2.75) is 13.0 Å². The van der Waals surface area contributed by atoms with Crippen LogP contribution in [-0.4, -0.2) is 13.0 Å². The van der Waals surface area contributed by atoms with E-state index in [4.69, 9.17) is 32.4 Å². The number of carbonyl (C=O) groups excluding carboxylic acids is 1. The maximum absolute atomic E-state index is 11.9. The molecule has 0 fully saturated rings. The molecule has 0 bridgehead atoms. The van der Waals surface area contributed by atoms with Crippen LogP contribution in [0.4, 0.5) is 0 Å². The fraction of sp³-hybridized carbons (Fsp3) is 0.214. The van der Waals surface area contributed by atoms with Gasteiger partial charge >= 0.3 is 0 Å². The van der Waals surface area contributed by atoms with Gasteiger partial charge in [-0.3, -0.25) is 4.79 Å². The Kier molecular flexibility index (Phi) is 4.93. The Bertz CT molecular complexity index is 597. The minimum atomic E-state index is -0.168. The minimum absolute atomic E-state index is 0.129. The summed E-state index contributed by atoms with van der Waals surface area (Å²) in [7, 11) is 1.50. The van der Waals surface area contributed by atoms with Crippen LogP contribution in [0, 0.1) is 0 Å². The molecular formula is C14H13Cl2NO3. The molecule has 1 N–H and O–H groups in total. The van der Waals surface area contributed by atoms with Crippen LogP contribution < -0.4 is 10.1 Å². The molecule has 0 spiro atoms. The van der Waals surface area contributed by atoms with E-state index in [0.29, 0.717) is 33.7 Å². The third-order valence-electron chi connectivity index (χ3n) is 2.68. The van der Waals surface area contributed by atoms with Crippen LogP contribution in [0.15, 0.2) is 34.9 Å². The van der Waals surface area contributed by atoms with E-state index >= 15 is 0 Å². The first-order chi connectivity index (χ1) is 9.60. The summed E-state index contributed by atoms with van der Waals surface area (Å²) >= 11 is 12.0. The van der Waals surface area contributed by atoms with Crippen LogP contribution in [0.2, 0.25) is 10.0 Å². The molecule has 0 radical (unpaired) electrons. The molecule has 6 heteroatoms. The Hall–Kier alpha value is -1.65. The van der Waals surface area contributed by atoms with E-state index in [1.54, 1.807) is 30.5 Å². The van der Waals surface area contributed by atoms with Gasteiger partial charge in [-0.2, -0.15) is 0 Å². The van der Waals surface area contributed by atoms with Crippen molar-refractivity contribution >= 4 is 29.1 Å². The van der Waals surface area contributed by atoms with Gasteiger partial charge in [0.15, 0.2) is 0 Å². The van der Waals surface area contributed by atoms with Crippen molar-refractivity contribution in [1.29, 1.82) is 0 Å². The van der Waals surface area contributed by atoms with Crippen LogP contribution >= 0.6 is 23.2 Å². The summed E-state index contributed by atoms with van der Waals surface area (Å²) in [5, 5.41) is 3.60. The van der Waals surface area contributed by atoms with Crippen LogP contribution in [0.3, 0.4) is 0 Å². The topological polar surface area (TPSA) is 51.5 Å². The maximum Gasteiger partial charge on any atom is 0.224 e. The molecule has 0 aliphatic rings. The lowest BCUT2D eigenvalue weighted by Gasteiger charge is -2.11. The molecule has 0 unspecified atom stereocenters. The van der Waals surface area contributed by atoms with Crippen LogP contribution in [0.25, 0.3) is 0 Å². The first kappa shape index (κ1) is 14.8. The molecule has 0 saturated heterocycles. The number of ether oxygens (including phenoxy) is 1. The van der Waals surface area contributed by atoms with E-state index in [0.717, 1.165) is 0 Å². The number of nitrogens with one attached hydrogen (secondary N) is 1. The van der Waals surface area contributed by atoms with E-state index in [1.165, 1.54) is 7.11 Å². The highest BCUT2D eigenvalue weighted by atomic mass is 35.5. The van der Waals surface area contributed by atoms with Crippen molar-refractivity contribution in [2.75, 3.05) is 7.11 Å². The predicted molar refractivity (Wildman–Crippen MR) is 77.3 cm³/mol. The van der Waals surface area contributed by atoms with Gasteiger partial charge in [0.05, 0.1) is 31.4 Å². The highest BCUT2D eigenvalue weighted by Crippen LogP contribution is 2.32. The molecule has 1 aromatic carbocycles. The second kappa shape index (κ2) is 6.68. The summed E-state index contributed by atoms with van der Waals surface area (Å²) < 4.78 is 10.3. The van der Waals surface area contributed by atoms with E-state index in [9.17, 15) is 4.79 Å². The van der Waals surface area contributed by atoms with Gasteiger partial charge < -0.3 is 14.5 Å². The molecule has 1 aromatic heterocycles. The molecule has 0 atom stereocenters. The molecule has 0 aliphatic carbocycles. The molecule has 0 saturated carbocycles. The maximum atomic E-state index is 11.9. The number of rotatable bonds is 5. The van der Waals surface area contributed by atoms with E-state index < -0.39 is 0 Å². The van der Waals surface area contributed by atoms with Gasteiger partial charge in [0.2, 0.25) is 5.91 Å². The summed E-state index contributed by atoms with van der Waals surface area (Å²) in [6.07, 6.45) is 1.69. The van der Waals surface area contributed by atoms with Crippen molar-refractivity contribution in [2.24, 2.45) is 0 Å². The van der Waals surface area contributed by atoms with Gasteiger partial charge in [-0.05, 0) is 24.3 Å². The number of hydrogen-bond donors (Lipinski definition) is 1. The van der Waals surface area contributed by atoms with Crippen LogP contribution in [0.1, 0.15) is 11.3 Å². The zero-order valence-electron chi connectivity index (χ0n) is 10.8. The second-order valence-electron chi connectivity index (χ2n) is 4.11. The van der Waals surface area contributed by atoms with Crippen LogP contribution in [0.5, 0.6) is 5.75 Å². The number of methoxy groups -OCH3 is 1. The van der Waals surface area contributed by atoms with Gasteiger partial charge in [0.1, 0.15) is 11.5 Å². The fourth-order valence-electron chi connectivity index (χ4n) is 1.81.